The maximum absolute atomic E-state index is 12.4. The zero-order chi connectivity index (χ0) is 32.1. The van der Waals surface area contributed by atoms with Crippen LogP contribution in [0, 0.1) is 6.92 Å². The lowest BCUT2D eigenvalue weighted by Crippen LogP contribution is -2.19. The maximum Gasteiger partial charge on any atom is 0.323 e. The van der Waals surface area contributed by atoms with Crippen molar-refractivity contribution in [2.45, 2.75) is 20.3 Å². The summed E-state index contributed by atoms with van der Waals surface area (Å²) in [5.41, 5.74) is 7.23. The summed E-state index contributed by atoms with van der Waals surface area (Å²) in [6.45, 7) is 8.07. The number of nitrogens with zero attached hydrogens (tertiary/aromatic N) is 2. The third-order valence-corrected chi connectivity index (χ3v) is 7.11. The van der Waals surface area contributed by atoms with Gasteiger partial charge in [0.15, 0.2) is 0 Å². The van der Waals surface area contributed by atoms with Gasteiger partial charge in [-0.3, -0.25) is 0 Å². The molecule has 0 saturated carbocycles. The Morgan fingerprint density at radius 3 is 2.17 bits per heavy atom. The van der Waals surface area contributed by atoms with Crippen LogP contribution in [0.2, 0.25) is 0 Å². The number of carbonyl (C=O) groups is 1. The Hall–Kier alpha value is -5.95. The van der Waals surface area contributed by atoms with E-state index < -0.39 is 0 Å². The summed E-state index contributed by atoms with van der Waals surface area (Å²) in [5, 5.41) is 10.1. The smallest absolute Gasteiger partial charge is 0.323 e. The second-order valence-electron chi connectivity index (χ2n) is 10.5. The van der Waals surface area contributed by atoms with Gasteiger partial charge in [-0.2, -0.15) is 0 Å². The molecule has 230 valence electrons. The molecule has 2 heterocycles. The minimum Gasteiger partial charge on any atom is -0.437 e. The maximum atomic E-state index is 12.4. The Kier molecular flexibility index (Phi) is 10.7. The molecule has 6 aromatic rings. The van der Waals surface area contributed by atoms with Gasteiger partial charge in [0.2, 0.25) is 5.71 Å². The number of amides is 2. The van der Waals surface area contributed by atoms with Crippen molar-refractivity contribution < 1.29 is 9.21 Å². The van der Waals surface area contributed by atoms with Crippen LogP contribution in [0.15, 0.2) is 145 Å². The Balaban J connectivity index is 0.000000775. The third-order valence-electron chi connectivity index (χ3n) is 7.11. The van der Waals surface area contributed by atoms with Crippen LogP contribution in [-0.2, 0) is 6.42 Å². The number of urea groups is 1. The number of aromatic nitrogens is 2. The van der Waals surface area contributed by atoms with Crippen molar-refractivity contribution in [3.8, 4) is 22.5 Å². The van der Waals surface area contributed by atoms with E-state index in [1.54, 1.807) is 6.08 Å². The van der Waals surface area contributed by atoms with Gasteiger partial charge in [-0.25, -0.2) is 14.8 Å². The molecule has 6 rings (SSSR count). The predicted molar refractivity (Wildman–Crippen MR) is 190 cm³/mol. The van der Waals surface area contributed by atoms with Gasteiger partial charge in [-0.1, -0.05) is 110 Å². The summed E-state index contributed by atoms with van der Waals surface area (Å²) in [5.74, 6) is 1.50. The van der Waals surface area contributed by atoms with E-state index in [1.807, 2.05) is 123 Å². The third kappa shape index (κ3) is 8.15. The van der Waals surface area contributed by atoms with Crippen LogP contribution in [0.1, 0.15) is 18.1 Å². The molecule has 7 heteroatoms. The average molecular weight is 608 g/mol. The van der Waals surface area contributed by atoms with Crippen LogP contribution in [-0.4, -0.2) is 22.5 Å². The fourth-order valence-corrected chi connectivity index (χ4v) is 4.97. The minimum atomic E-state index is -0.276. The topological polar surface area (TPSA) is 92.1 Å². The number of benzene rings is 4. The second kappa shape index (κ2) is 15.7. The lowest BCUT2D eigenvalue weighted by atomic mass is 9.99. The molecule has 0 unspecified atom stereocenters. The molecule has 4 aromatic carbocycles. The Bertz CT molecular complexity index is 1910. The normalized spacial score (nSPS) is 10.7. The molecule has 46 heavy (non-hydrogen) atoms. The highest BCUT2D eigenvalue weighted by Gasteiger charge is 2.21. The van der Waals surface area contributed by atoms with Crippen LogP contribution >= 0.6 is 0 Å². The van der Waals surface area contributed by atoms with Gasteiger partial charge in [0.1, 0.15) is 17.9 Å². The Morgan fingerprint density at radius 2 is 1.52 bits per heavy atom. The first-order valence-corrected chi connectivity index (χ1v) is 15.1. The van der Waals surface area contributed by atoms with Crippen molar-refractivity contribution >= 4 is 34.3 Å². The summed E-state index contributed by atoms with van der Waals surface area (Å²) in [6.07, 6.45) is 7.87. The van der Waals surface area contributed by atoms with Gasteiger partial charge in [-0.15, -0.1) is 0 Å². The van der Waals surface area contributed by atoms with Gasteiger partial charge in [0.05, 0.1) is 5.39 Å². The van der Waals surface area contributed by atoms with Crippen molar-refractivity contribution in [3.05, 3.63) is 151 Å². The number of hydrogen-bond acceptors (Lipinski definition) is 5. The number of hydrogen-bond donors (Lipinski definition) is 3. The molecule has 0 spiro atoms. The van der Waals surface area contributed by atoms with Crippen LogP contribution in [0.4, 0.5) is 22.0 Å². The molecule has 0 fully saturated rings. The van der Waals surface area contributed by atoms with Gasteiger partial charge in [0.25, 0.3) is 0 Å². The first kappa shape index (κ1) is 31.5. The fraction of sp³-hybridized carbons (Fsp3) is 0.103. The highest BCUT2D eigenvalue weighted by molar-refractivity contribution is 6.05. The SMILES string of the molecule is C=C/C=C\C.Cc1cccc(NC(=O)Nc2ccc(CCNc3ncnc4oc(-c5ccccc5)c(-c5ccccc5)c34)cc2)c1. The van der Waals surface area contributed by atoms with Crippen molar-refractivity contribution in [3.63, 3.8) is 0 Å². The van der Waals surface area contributed by atoms with Crippen LogP contribution in [0.5, 0.6) is 0 Å². The van der Waals surface area contributed by atoms with E-state index in [1.165, 1.54) is 6.33 Å². The van der Waals surface area contributed by atoms with Gasteiger partial charge < -0.3 is 20.4 Å². The largest absolute Gasteiger partial charge is 0.437 e. The lowest BCUT2D eigenvalue weighted by molar-refractivity contribution is 0.262. The van der Waals surface area contributed by atoms with Crippen molar-refractivity contribution in [1.29, 1.82) is 0 Å². The molecule has 0 aliphatic heterocycles. The lowest BCUT2D eigenvalue weighted by Gasteiger charge is -2.10. The van der Waals surface area contributed by atoms with Crippen molar-refractivity contribution in [2.75, 3.05) is 22.5 Å². The van der Waals surface area contributed by atoms with Crippen LogP contribution < -0.4 is 16.0 Å². The van der Waals surface area contributed by atoms with Crippen molar-refractivity contribution in [2.24, 2.45) is 0 Å². The fourth-order valence-electron chi connectivity index (χ4n) is 4.97. The van der Waals surface area contributed by atoms with Crippen molar-refractivity contribution in [1.82, 2.24) is 9.97 Å². The van der Waals surface area contributed by atoms with E-state index in [4.69, 9.17) is 4.42 Å². The Morgan fingerprint density at radius 1 is 0.826 bits per heavy atom. The number of anilines is 3. The van der Waals surface area contributed by atoms with E-state index in [0.717, 1.165) is 62.6 Å². The van der Waals surface area contributed by atoms with E-state index in [2.05, 4.69) is 44.6 Å². The number of furan rings is 1. The molecule has 2 amide bonds. The molecular weight excluding hydrogens is 570 g/mol. The first-order chi connectivity index (χ1) is 22.6. The molecule has 0 atom stereocenters. The average Bonchev–Trinajstić information content (AvgIpc) is 3.48. The summed E-state index contributed by atoms with van der Waals surface area (Å²) in [4.78, 5) is 21.4. The molecule has 3 N–H and O–H groups in total. The number of nitrogens with one attached hydrogen (secondary N) is 3. The summed E-state index contributed by atoms with van der Waals surface area (Å²) >= 11 is 0. The first-order valence-electron chi connectivity index (χ1n) is 15.1. The number of allylic oxidation sites excluding steroid dienone is 3. The molecule has 0 radical (unpaired) electrons. The van der Waals surface area contributed by atoms with E-state index in [9.17, 15) is 4.79 Å². The molecule has 7 nitrogen and oxygen atoms in total. The van der Waals surface area contributed by atoms with E-state index in [0.29, 0.717) is 12.3 Å². The Labute approximate surface area is 269 Å². The highest BCUT2D eigenvalue weighted by Crippen LogP contribution is 2.42. The summed E-state index contributed by atoms with van der Waals surface area (Å²) in [7, 11) is 0. The van der Waals surface area contributed by atoms with E-state index in [-0.39, 0.29) is 6.03 Å². The molecule has 0 aliphatic rings. The molecule has 2 aromatic heterocycles. The number of aryl methyl sites for hydroxylation is 1. The van der Waals surface area contributed by atoms with Crippen LogP contribution in [0.25, 0.3) is 33.6 Å². The molecule has 0 saturated heterocycles. The quantitative estimate of drug-likeness (QED) is 0.142. The molecular formula is C39H37N5O2. The van der Waals surface area contributed by atoms with Crippen LogP contribution in [0.3, 0.4) is 0 Å². The van der Waals surface area contributed by atoms with E-state index >= 15 is 0 Å². The van der Waals surface area contributed by atoms with Gasteiger partial charge in [0, 0.05) is 29.0 Å². The summed E-state index contributed by atoms with van der Waals surface area (Å²) < 4.78 is 6.30. The molecule has 0 bridgehead atoms. The van der Waals surface area contributed by atoms with Gasteiger partial charge >= 0.3 is 6.03 Å². The summed E-state index contributed by atoms with van der Waals surface area (Å²) in [6, 6.07) is 35.5. The second-order valence-corrected chi connectivity index (χ2v) is 10.5. The zero-order valence-electron chi connectivity index (χ0n) is 26.0. The minimum absolute atomic E-state index is 0.276. The molecule has 0 aliphatic carbocycles. The number of rotatable bonds is 9. The van der Waals surface area contributed by atoms with Gasteiger partial charge in [-0.05, 0) is 61.2 Å². The predicted octanol–water partition coefficient (Wildman–Crippen LogP) is 9.91. The number of fused-ring (bicyclic) bond motifs is 1. The highest BCUT2D eigenvalue weighted by atomic mass is 16.3. The standard InChI is InChI=1S/C34H29N5O2.C5H8/c1-23-9-8-14-28(21-23)39-34(40)38-27-17-15-24(16-18-27)19-20-35-32-30-29(25-10-4-2-5-11-25)31(26-12-6-3-7-13-26)41-33(30)37-22-36-32;1-3-5-4-2/h2-18,21-22H,19-20H2,1H3,(H,35,36,37)(H2,38,39,40);3-5H,1H2,2H3/b;5-4-. The number of carbonyl (C=O) groups excluding carboxylic acids is 1. The monoisotopic (exact) mass is 607 g/mol. The zero-order valence-corrected chi connectivity index (χ0v) is 26.0.